The zero-order valence-corrected chi connectivity index (χ0v) is 12.7. The molecule has 4 nitrogen and oxygen atoms in total. The molecule has 1 aromatic heterocycles. The van der Waals surface area contributed by atoms with E-state index in [1.165, 1.54) is 11.3 Å². The van der Waals surface area contributed by atoms with Crippen molar-refractivity contribution in [3.05, 3.63) is 15.8 Å². The maximum absolute atomic E-state index is 12.8. The number of nitrogens with zero attached hydrogens (tertiary/aromatic N) is 1. The maximum Gasteiger partial charge on any atom is 0.244 e. The first-order chi connectivity index (χ1) is 8.30. The number of rotatable bonds is 3. The Balaban J connectivity index is 2.52. The predicted octanol–water partition coefficient (Wildman–Crippen LogP) is 2.08. The summed E-state index contributed by atoms with van der Waals surface area (Å²) < 4.78 is 27.2. The Kier molecular flexibility index (Phi) is 3.57. The zero-order valence-electron chi connectivity index (χ0n) is 11.1. The Hall–Kier alpha value is -0.430. The van der Waals surface area contributed by atoms with E-state index in [1.54, 1.807) is 4.31 Å². The van der Waals surface area contributed by atoms with Gasteiger partial charge in [0.2, 0.25) is 10.0 Å². The molecular formula is C12H20N2O2S2. The molecule has 2 heterocycles. The summed E-state index contributed by atoms with van der Waals surface area (Å²) in [5.41, 5.74) is 6.17. The Morgan fingerprint density at radius 3 is 2.67 bits per heavy atom. The molecule has 0 radical (unpaired) electrons. The Bertz CT molecular complexity index is 546. The van der Waals surface area contributed by atoms with E-state index in [-0.39, 0.29) is 12.1 Å². The normalized spacial score (nSPS) is 20.4. The number of hydrogen-bond donors (Lipinski definition) is 1. The fourth-order valence-electron chi connectivity index (χ4n) is 2.61. The van der Waals surface area contributed by atoms with Gasteiger partial charge in [-0.2, -0.15) is 4.31 Å². The SMILES string of the molecule is Cc1csc(CN)c1S(=O)(=O)N1CCCC1(C)C. The number of nitrogens with two attached hydrogens (primary N) is 1. The van der Waals surface area contributed by atoms with Gasteiger partial charge in [0, 0.05) is 23.5 Å². The minimum absolute atomic E-state index is 0.279. The van der Waals surface area contributed by atoms with Crippen LogP contribution in [0.25, 0.3) is 0 Å². The van der Waals surface area contributed by atoms with Gasteiger partial charge < -0.3 is 5.73 Å². The third-order valence-corrected chi connectivity index (χ3v) is 7.15. The third-order valence-electron chi connectivity index (χ3n) is 3.55. The van der Waals surface area contributed by atoms with E-state index in [4.69, 9.17) is 5.73 Å². The second-order valence-corrected chi connectivity index (χ2v) is 8.13. The molecule has 2 N–H and O–H groups in total. The molecular weight excluding hydrogens is 268 g/mol. The largest absolute Gasteiger partial charge is 0.326 e. The lowest BCUT2D eigenvalue weighted by molar-refractivity contribution is 0.291. The van der Waals surface area contributed by atoms with Crippen molar-refractivity contribution in [2.24, 2.45) is 5.73 Å². The Labute approximate surface area is 113 Å². The summed E-state index contributed by atoms with van der Waals surface area (Å²) in [7, 11) is -3.41. The van der Waals surface area contributed by atoms with Crippen LogP contribution in [-0.2, 0) is 16.6 Å². The van der Waals surface area contributed by atoms with Gasteiger partial charge in [-0.05, 0) is 44.6 Å². The van der Waals surface area contributed by atoms with Crippen molar-refractivity contribution in [3.63, 3.8) is 0 Å². The van der Waals surface area contributed by atoms with Gasteiger partial charge >= 0.3 is 0 Å². The molecule has 102 valence electrons. The van der Waals surface area contributed by atoms with Crippen LogP contribution >= 0.6 is 11.3 Å². The van der Waals surface area contributed by atoms with E-state index < -0.39 is 10.0 Å². The highest BCUT2D eigenvalue weighted by Crippen LogP contribution is 2.37. The molecule has 0 bridgehead atoms. The summed E-state index contributed by atoms with van der Waals surface area (Å²) in [6.45, 7) is 6.70. The van der Waals surface area contributed by atoms with Crippen LogP contribution < -0.4 is 5.73 Å². The maximum atomic E-state index is 12.8. The van der Waals surface area contributed by atoms with Crippen molar-refractivity contribution < 1.29 is 8.42 Å². The molecule has 1 aromatic rings. The van der Waals surface area contributed by atoms with Gasteiger partial charge in [-0.3, -0.25) is 0 Å². The molecule has 18 heavy (non-hydrogen) atoms. The lowest BCUT2D eigenvalue weighted by Gasteiger charge is -2.30. The van der Waals surface area contributed by atoms with E-state index in [0.717, 1.165) is 23.3 Å². The summed E-state index contributed by atoms with van der Waals surface area (Å²) in [5, 5.41) is 1.87. The summed E-state index contributed by atoms with van der Waals surface area (Å²) in [6.07, 6.45) is 1.83. The van der Waals surface area contributed by atoms with E-state index in [2.05, 4.69) is 0 Å². The Morgan fingerprint density at radius 2 is 2.17 bits per heavy atom. The third kappa shape index (κ3) is 2.11. The van der Waals surface area contributed by atoms with Crippen LogP contribution in [0.15, 0.2) is 10.3 Å². The molecule has 1 fully saturated rings. The fourth-order valence-corrected chi connectivity index (χ4v) is 6.12. The first-order valence-corrected chi connectivity index (χ1v) is 8.42. The summed E-state index contributed by atoms with van der Waals surface area (Å²) in [5.74, 6) is 0. The van der Waals surface area contributed by atoms with Gasteiger partial charge in [-0.15, -0.1) is 11.3 Å². The molecule has 1 saturated heterocycles. The number of aryl methyl sites for hydroxylation is 1. The van der Waals surface area contributed by atoms with Gasteiger partial charge in [0.05, 0.1) is 0 Å². The molecule has 0 atom stereocenters. The van der Waals surface area contributed by atoms with Crippen molar-refractivity contribution in [3.8, 4) is 0 Å². The molecule has 0 aliphatic carbocycles. The summed E-state index contributed by atoms with van der Waals surface area (Å²) in [4.78, 5) is 1.19. The van der Waals surface area contributed by atoms with Crippen LogP contribution in [0.4, 0.5) is 0 Å². The first kappa shape index (κ1) is 14.0. The van der Waals surface area contributed by atoms with E-state index in [9.17, 15) is 8.42 Å². The standard InChI is InChI=1S/C12H20N2O2S2/c1-9-8-17-10(7-13)11(9)18(15,16)14-6-4-5-12(14,2)3/h8H,4-7,13H2,1-3H3. The highest BCUT2D eigenvalue weighted by molar-refractivity contribution is 7.89. The predicted molar refractivity (Wildman–Crippen MR) is 74.2 cm³/mol. The van der Waals surface area contributed by atoms with E-state index in [0.29, 0.717) is 11.4 Å². The van der Waals surface area contributed by atoms with Gasteiger partial charge in [0.1, 0.15) is 4.90 Å². The quantitative estimate of drug-likeness (QED) is 0.926. The van der Waals surface area contributed by atoms with Crippen molar-refractivity contribution in [2.75, 3.05) is 6.54 Å². The highest BCUT2D eigenvalue weighted by Gasteiger charge is 2.42. The number of thiophene rings is 1. The monoisotopic (exact) mass is 288 g/mol. The van der Waals surface area contributed by atoms with Crippen LogP contribution in [0.3, 0.4) is 0 Å². The van der Waals surface area contributed by atoms with E-state index in [1.807, 2.05) is 26.2 Å². The smallest absolute Gasteiger partial charge is 0.244 e. The van der Waals surface area contributed by atoms with Gasteiger partial charge in [-0.25, -0.2) is 8.42 Å². The Morgan fingerprint density at radius 1 is 1.50 bits per heavy atom. The van der Waals surface area contributed by atoms with Crippen LogP contribution in [-0.4, -0.2) is 24.8 Å². The van der Waals surface area contributed by atoms with Crippen LogP contribution in [0, 0.1) is 6.92 Å². The van der Waals surface area contributed by atoms with Gasteiger partial charge in [-0.1, -0.05) is 0 Å². The van der Waals surface area contributed by atoms with Crippen LogP contribution in [0.5, 0.6) is 0 Å². The summed E-state index contributed by atoms with van der Waals surface area (Å²) in [6, 6.07) is 0. The molecule has 0 amide bonds. The number of hydrogen-bond acceptors (Lipinski definition) is 4. The average Bonchev–Trinajstić information content (AvgIpc) is 2.81. The number of sulfonamides is 1. The molecule has 1 aliphatic heterocycles. The highest BCUT2D eigenvalue weighted by atomic mass is 32.2. The lowest BCUT2D eigenvalue weighted by atomic mass is 10.0. The van der Waals surface area contributed by atoms with Gasteiger partial charge in [0.25, 0.3) is 0 Å². The second kappa shape index (κ2) is 4.59. The van der Waals surface area contributed by atoms with Crippen molar-refractivity contribution >= 4 is 21.4 Å². The van der Waals surface area contributed by atoms with E-state index >= 15 is 0 Å². The zero-order chi connectivity index (χ0) is 13.6. The lowest BCUT2D eigenvalue weighted by Crippen LogP contribution is -2.42. The van der Waals surface area contributed by atoms with Crippen molar-refractivity contribution in [2.45, 2.75) is 50.6 Å². The molecule has 2 rings (SSSR count). The van der Waals surface area contributed by atoms with Crippen molar-refractivity contribution in [1.29, 1.82) is 0 Å². The second-order valence-electron chi connectivity index (χ2n) is 5.37. The fraction of sp³-hybridized carbons (Fsp3) is 0.667. The molecule has 0 aromatic carbocycles. The van der Waals surface area contributed by atoms with Crippen molar-refractivity contribution in [1.82, 2.24) is 4.31 Å². The van der Waals surface area contributed by atoms with Crippen LogP contribution in [0.1, 0.15) is 37.1 Å². The summed E-state index contributed by atoms with van der Waals surface area (Å²) >= 11 is 1.43. The molecule has 0 unspecified atom stereocenters. The minimum atomic E-state index is -3.41. The minimum Gasteiger partial charge on any atom is -0.326 e. The van der Waals surface area contributed by atoms with Gasteiger partial charge in [0.15, 0.2) is 0 Å². The molecule has 1 aliphatic rings. The molecule has 0 spiro atoms. The van der Waals surface area contributed by atoms with Crippen LogP contribution in [0.2, 0.25) is 0 Å². The topological polar surface area (TPSA) is 63.4 Å². The molecule has 6 heteroatoms. The molecule has 0 saturated carbocycles. The first-order valence-electron chi connectivity index (χ1n) is 6.10. The average molecular weight is 288 g/mol.